The van der Waals surface area contributed by atoms with Gasteiger partial charge in [-0.15, -0.1) is 10.2 Å². The van der Waals surface area contributed by atoms with Crippen LogP contribution in [0.1, 0.15) is 27.1 Å². The fraction of sp³-hybridized carbons (Fsp3) is 0.176. The molecule has 0 spiro atoms. The number of pyridine rings is 1. The summed E-state index contributed by atoms with van der Waals surface area (Å²) < 4.78 is 0. The van der Waals surface area contributed by atoms with Gasteiger partial charge < -0.3 is 0 Å². The van der Waals surface area contributed by atoms with E-state index in [2.05, 4.69) is 20.4 Å². The summed E-state index contributed by atoms with van der Waals surface area (Å²) in [7, 11) is 0. The first-order chi connectivity index (χ1) is 12.2. The number of hydrogen-bond acceptors (Lipinski definition) is 6. The number of amides is 2. The lowest BCUT2D eigenvalue weighted by molar-refractivity contribution is 0.0649. The number of aromatic nitrogens is 5. The Balaban J connectivity index is 1.39. The molecule has 1 aliphatic heterocycles. The number of benzene rings is 1. The Morgan fingerprint density at radius 2 is 1.68 bits per heavy atom. The van der Waals surface area contributed by atoms with E-state index in [-0.39, 0.29) is 11.8 Å². The van der Waals surface area contributed by atoms with Gasteiger partial charge in [-0.1, -0.05) is 12.1 Å². The third-order valence-corrected chi connectivity index (χ3v) is 3.99. The van der Waals surface area contributed by atoms with Crippen LogP contribution in [-0.4, -0.2) is 48.5 Å². The predicted octanol–water partition coefficient (Wildman–Crippen LogP) is 1.42. The number of nitrogens with zero attached hydrogens (tertiary/aromatic N) is 6. The number of hydrogen-bond donors (Lipinski definition) is 0. The molecule has 0 aliphatic carbocycles. The zero-order chi connectivity index (χ0) is 17.2. The second-order valence-electron chi connectivity index (χ2n) is 5.61. The molecule has 1 aromatic carbocycles. The smallest absolute Gasteiger partial charge is 0.261 e. The van der Waals surface area contributed by atoms with Crippen LogP contribution >= 0.6 is 0 Å². The van der Waals surface area contributed by atoms with Gasteiger partial charge in [0.25, 0.3) is 11.8 Å². The van der Waals surface area contributed by atoms with Crippen molar-refractivity contribution >= 4 is 11.8 Å². The van der Waals surface area contributed by atoms with Crippen molar-refractivity contribution in [3.8, 4) is 11.4 Å². The summed E-state index contributed by atoms with van der Waals surface area (Å²) in [6, 6.07) is 10.5. The molecular weight excluding hydrogens is 320 g/mol. The van der Waals surface area contributed by atoms with Gasteiger partial charge in [0.1, 0.15) is 0 Å². The monoisotopic (exact) mass is 334 g/mol. The summed E-state index contributed by atoms with van der Waals surface area (Å²) in [5.41, 5.74) is 1.71. The molecule has 0 N–H and O–H groups in total. The first-order valence-corrected chi connectivity index (χ1v) is 7.87. The molecule has 0 radical (unpaired) electrons. The van der Waals surface area contributed by atoms with Gasteiger partial charge in [-0.3, -0.25) is 19.5 Å². The lowest BCUT2D eigenvalue weighted by Gasteiger charge is -2.12. The molecule has 0 unspecified atom stereocenters. The highest BCUT2D eigenvalue weighted by molar-refractivity contribution is 6.21. The molecule has 25 heavy (non-hydrogen) atoms. The van der Waals surface area contributed by atoms with E-state index < -0.39 is 0 Å². The molecule has 0 fully saturated rings. The third kappa shape index (κ3) is 2.78. The maximum absolute atomic E-state index is 12.3. The average molecular weight is 334 g/mol. The van der Waals surface area contributed by atoms with Gasteiger partial charge >= 0.3 is 0 Å². The van der Waals surface area contributed by atoms with Crippen LogP contribution < -0.4 is 0 Å². The van der Waals surface area contributed by atoms with Gasteiger partial charge in [-0.05, 0) is 35.9 Å². The SMILES string of the molecule is O=C1c2ccccc2C(=O)N1CCCn1nnc(-c2cccnc2)n1. The number of carbonyl (C=O) groups is 2. The summed E-state index contributed by atoms with van der Waals surface area (Å²) >= 11 is 0. The van der Waals surface area contributed by atoms with Crippen LogP contribution in [0.3, 0.4) is 0 Å². The van der Waals surface area contributed by atoms with Gasteiger partial charge in [0.05, 0.1) is 17.7 Å². The first-order valence-electron chi connectivity index (χ1n) is 7.87. The van der Waals surface area contributed by atoms with Crippen molar-refractivity contribution in [2.45, 2.75) is 13.0 Å². The molecule has 4 rings (SSSR count). The quantitative estimate of drug-likeness (QED) is 0.655. The molecule has 8 nitrogen and oxygen atoms in total. The van der Waals surface area contributed by atoms with Crippen LogP contribution in [0.15, 0.2) is 48.8 Å². The van der Waals surface area contributed by atoms with Crippen LogP contribution in [0.5, 0.6) is 0 Å². The summed E-state index contributed by atoms with van der Waals surface area (Å²) in [5.74, 6) is 0.000210. The normalized spacial score (nSPS) is 13.4. The van der Waals surface area contributed by atoms with Crippen molar-refractivity contribution in [1.29, 1.82) is 0 Å². The molecule has 3 aromatic rings. The molecule has 0 saturated carbocycles. The van der Waals surface area contributed by atoms with E-state index in [1.54, 1.807) is 42.7 Å². The highest BCUT2D eigenvalue weighted by Gasteiger charge is 2.34. The van der Waals surface area contributed by atoms with Crippen LogP contribution in [0, 0.1) is 0 Å². The molecule has 2 aromatic heterocycles. The average Bonchev–Trinajstić information content (AvgIpc) is 3.22. The van der Waals surface area contributed by atoms with Crippen molar-refractivity contribution < 1.29 is 9.59 Å². The fourth-order valence-electron chi connectivity index (χ4n) is 2.76. The Hall–Kier alpha value is -3.42. The van der Waals surface area contributed by atoms with Gasteiger partial charge in [0.15, 0.2) is 0 Å². The Labute approximate surface area is 143 Å². The largest absolute Gasteiger partial charge is 0.274 e. The maximum Gasteiger partial charge on any atom is 0.261 e. The van der Waals surface area contributed by atoms with Crippen molar-refractivity contribution in [2.24, 2.45) is 0 Å². The highest BCUT2D eigenvalue weighted by Crippen LogP contribution is 2.22. The second kappa shape index (κ2) is 6.23. The Morgan fingerprint density at radius 3 is 2.36 bits per heavy atom. The fourth-order valence-corrected chi connectivity index (χ4v) is 2.76. The summed E-state index contributed by atoms with van der Waals surface area (Å²) in [4.78, 5) is 31.3. The topological polar surface area (TPSA) is 93.9 Å². The molecule has 8 heteroatoms. The van der Waals surface area contributed by atoms with E-state index in [9.17, 15) is 9.59 Å². The maximum atomic E-state index is 12.3. The summed E-state index contributed by atoms with van der Waals surface area (Å²) in [5, 5.41) is 12.3. The Kier molecular flexibility index (Phi) is 3.77. The van der Waals surface area contributed by atoms with Gasteiger partial charge in [-0.2, -0.15) is 4.80 Å². The molecule has 3 heterocycles. The summed E-state index contributed by atoms with van der Waals surface area (Å²) in [6.07, 6.45) is 3.89. The number of fused-ring (bicyclic) bond motifs is 1. The molecule has 124 valence electrons. The summed E-state index contributed by atoms with van der Waals surface area (Å²) in [6.45, 7) is 0.775. The molecule has 0 atom stereocenters. The van der Waals surface area contributed by atoms with Gasteiger partial charge in [-0.25, -0.2) is 0 Å². The van der Waals surface area contributed by atoms with Crippen molar-refractivity contribution in [1.82, 2.24) is 30.1 Å². The number of carbonyl (C=O) groups excluding carboxylic acids is 2. The zero-order valence-electron chi connectivity index (χ0n) is 13.2. The third-order valence-electron chi connectivity index (χ3n) is 3.99. The molecule has 0 bridgehead atoms. The Bertz CT molecular complexity index is 902. The van der Waals surface area contributed by atoms with Crippen molar-refractivity contribution in [3.05, 3.63) is 59.9 Å². The van der Waals surface area contributed by atoms with Crippen LogP contribution in [0.4, 0.5) is 0 Å². The van der Waals surface area contributed by atoms with Crippen molar-refractivity contribution in [2.75, 3.05) is 6.54 Å². The first kappa shape index (κ1) is 15.1. The van der Waals surface area contributed by atoms with Crippen LogP contribution in [0.2, 0.25) is 0 Å². The van der Waals surface area contributed by atoms with E-state index in [1.807, 2.05) is 6.07 Å². The van der Waals surface area contributed by atoms with Crippen molar-refractivity contribution in [3.63, 3.8) is 0 Å². The van der Waals surface area contributed by atoms with Gasteiger partial charge in [0.2, 0.25) is 5.82 Å². The molecule has 1 aliphatic rings. The highest BCUT2D eigenvalue weighted by atomic mass is 16.2. The van der Waals surface area contributed by atoms with Gasteiger partial charge in [0, 0.05) is 24.5 Å². The Morgan fingerprint density at radius 1 is 0.920 bits per heavy atom. The zero-order valence-corrected chi connectivity index (χ0v) is 13.2. The lowest BCUT2D eigenvalue weighted by Crippen LogP contribution is -2.31. The predicted molar refractivity (Wildman–Crippen MR) is 87.5 cm³/mol. The number of rotatable bonds is 5. The minimum absolute atomic E-state index is 0.247. The minimum Gasteiger partial charge on any atom is -0.274 e. The number of tetrazole rings is 1. The van der Waals surface area contributed by atoms with E-state index in [4.69, 9.17) is 0 Å². The number of aryl methyl sites for hydroxylation is 1. The standard InChI is InChI=1S/C17H14N6O2/c24-16-13-6-1-2-7-14(13)17(25)22(16)9-4-10-23-20-15(19-21-23)12-5-3-8-18-11-12/h1-3,5-8,11H,4,9-10H2. The number of imide groups is 1. The molecular formula is C17H14N6O2. The van der Waals surface area contributed by atoms with E-state index >= 15 is 0 Å². The van der Waals surface area contributed by atoms with E-state index in [0.717, 1.165) is 5.56 Å². The minimum atomic E-state index is -0.247. The van der Waals surface area contributed by atoms with E-state index in [1.165, 1.54) is 9.70 Å². The van der Waals surface area contributed by atoms with Crippen LogP contribution in [0.25, 0.3) is 11.4 Å². The lowest BCUT2D eigenvalue weighted by atomic mass is 10.1. The molecule has 2 amide bonds. The van der Waals surface area contributed by atoms with Crippen LogP contribution in [-0.2, 0) is 6.54 Å². The second-order valence-corrected chi connectivity index (χ2v) is 5.61. The molecule has 0 saturated heterocycles. The van der Waals surface area contributed by atoms with E-state index in [0.29, 0.717) is 36.5 Å².